The van der Waals surface area contributed by atoms with Gasteiger partial charge in [-0.1, -0.05) is 0 Å². The van der Waals surface area contributed by atoms with Crippen molar-refractivity contribution in [2.75, 3.05) is 0 Å². The van der Waals surface area contributed by atoms with Crippen LogP contribution in [0, 0.1) is 0 Å². The van der Waals surface area contributed by atoms with Gasteiger partial charge in [0.15, 0.2) is 0 Å². The Bertz CT molecular complexity index is 249. The van der Waals surface area contributed by atoms with Crippen molar-refractivity contribution in [3.05, 3.63) is 24.2 Å². The summed E-state index contributed by atoms with van der Waals surface area (Å²) in [4.78, 5) is 10.9. The molecule has 0 N–H and O–H groups in total. The Hall–Kier alpha value is -1.05. The molecular formula is C9H10O2. The Labute approximate surface area is 65.2 Å². The molecule has 0 aromatic carbocycles. The van der Waals surface area contributed by atoms with Gasteiger partial charge in [-0.05, 0) is 18.6 Å². The Morgan fingerprint density at radius 2 is 2.45 bits per heavy atom. The fourth-order valence-electron chi connectivity index (χ4n) is 1.58. The minimum Gasteiger partial charge on any atom is -0.469 e. The maximum Gasteiger partial charge on any atom is 0.133 e. The van der Waals surface area contributed by atoms with Crippen molar-refractivity contribution in [3.63, 3.8) is 0 Å². The van der Waals surface area contributed by atoms with Crippen LogP contribution in [0.3, 0.4) is 0 Å². The zero-order valence-electron chi connectivity index (χ0n) is 6.25. The Balaban J connectivity index is 2.13. The highest BCUT2D eigenvalue weighted by molar-refractivity contribution is 5.81. The van der Waals surface area contributed by atoms with Crippen LogP contribution in [0.4, 0.5) is 0 Å². The van der Waals surface area contributed by atoms with Crippen LogP contribution in [0.5, 0.6) is 0 Å². The third-order valence-corrected chi connectivity index (χ3v) is 2.19. The van der Waals surface area contributed by atoms with Crippen LogP contribution in [0.15, 0.2) is 22.8 Å². The van der Waals surface area contributed by atoms with Gasteiger partial charge in [0.2, 0.25) is 0 Å². The first-order chi connectivity index (χ1) is 5.36. The maximum absolute atomic E-state index is 10.9. The second-order valence-electron chi connectivity index (χ2n) is 2.99. The van der Waals surface area contributed by atoms with Crippen LogP contribution in [0.1, 0.15) is 30.9 Å². The topological polar surface area (TPSA) is 30.2 Å². The van der Waals surface area contributed by atoms with Crippen LogP contribution in [-0.2, 0) is 4.79 Å². The van der Waals surface area contributed by atoms with Gasteiger partial charge in [-0.3, -0.25) is 4.79 Å². The molecule has 0 saturated heterocycles. The van der Waals surface area contributed by atoms with Crippen LogP contribution < -0.4 is 0 Å². The van der Waals surface area contributed by atoms with Crippen molar-refractivity contribution >= 4 is 5.78 Å². The monoisotopic (exact) mass is 150 g/mol. The van der Waals surface area contributed by atoms with E-state index in [9.17, 15) is 4.79 Å². The standard InChI is InChI=1S/C9H10O2/c10-8-4-3-7(6-8)9-2-1-5-11-9/h1-2,5,7H,3-4,6H2. The molecule has 1 unspecified atom stereocenters. The largest absolute Gasteiger partial charge is 0.469 e. The van der Waals surface area contributed by atoms with Crippen molar-refractivity contribution in [1.82, 2.24) is 0 Å². The Kier molecular flexibility index (Phi) is 1.53. The van der Waals surface area contributed by atoms with E-state index in [2.05, 4.69) is 0 Å². The lowest BCUT2D eigenvalue weighted by atomic mass is 10.1. The maximum atomic E-state index is 10.9. The molecule has 2 heteroatoms. The van der Waals surface area contributed by atoms with Gasteiger partial charge in [0.25, 0.3) is 0 Å². The summed E-state index contributed by atoms with van der Waals surface area (Å²) < 4.78 is 5.21. The first kappa shape index (κ1) is 6.65. The molecule has 1 fully saturated rings. The summed E-state index contributed by atoms with van der Waals surface area (Å²) in [6, 6.07) is 3.82. The third kappa shape index (κ3) is 1.20. The highest BCUT2D eigenvalue weighted by Gasteiger charge is 2.25. The van der Waals surface area contributed by atoms with E-state index in [1.54, 1.807) is 6.26 Å². The van der Waals surface area contributed by atoms with E-state index in [-0.39, 0.29) is 0 Å². The quantitative estimate of drug-likeness (QED) is 0.613. The molecule has 1 atom stereocenters. The molecule has 1 saturated carbocycles. The van der Waals surface area contributed by atoms with Crippen molar-refractivity contribution in [2.24, 2.45) is 0 Å². The molecule has 1 aromatic heterocycles. The van der Waals surface area contributed by atoms with E-state index in [0.29, 0.717) is 18.1 Å². The van der Waals surface area contributed by atoms with Crippen LogP contribution >= 0.6 is 0 Å². The third-order valence-electron chi connectivity index (χ3n) is 2.19. The Morgan fingerprint density at radius 3 is 3.00 bits per heavy atom. The van der Waals surface area contributed by atoms with E-state index in [1.807, 2.05) is 12.1 Å². The fourth-order valence-corrected chi connectivity index (χ4v) is 1.58. The molecule has 1 aliphatic carbocycles. The van der Waals surface area contributed by atoms with E-state index in [1.165, 1.54) is 0 Å². The first-order valence-corrected chi connectivity index (χ1v) is 3.91. The van der Waals surface area contributed by atoms with Crippen LogP contribution in [0.25, 0.3) is 0 Å². The molecule has 2 nitrogen and oxygen atoms in total. The summed E-state index contributed by atoms with van der Waals surface area (Å²) in [6.07, 6.45) is 4.03. The number of hydrogen-bond donors (Lipinski definition) is 0. The minimum atomic E-state index is 0.359. The van der Waals surface area contributed by atoms with E-state index in [0.717, 1.165) is 18.6 Å². The zero-order chi connectivity index (χ0) is 7.68. The molecule has 0 aliphatic heterocycles. The SMILES string of the molecule is O=C1CCC(c2ccco2)C1. The van der Waals surface area contributed by atoms with Gasteiger partial charge >= 0.3 is 0 Å². The predicted molar refractivity (Wildman–Crippen MR) is 40.3 cm³/mol. The van der Waals surface area contributed by atoms with Gasteiger partial charge in [0, 0.05) is 18.8 Å². The number of ketones is 1. The average molecular weight is 150 g/mol. The average Bonchev–Trinajstić information content (AvgIpc) is 2.55. The van der Waals surface area contributed by atoms with Crippen molar-refractivity contribution in [2.45, 2.75) is 25.2 Å². The van der Waals surface area contributed by atoms with Crippen LogP contribution in [0.2, 0.25) is 0 Å². The highest BCUT2D eigenvalue weighted by atomic mass is 16.3. The molecule has 1 aromatic rings. The molecule has 0 spiro atoms. The molecule has 1 heterocycles. The predicted octanol–water partition coefficient (Wildman–Crippen LogP) is 2.12. The summed E-state index contributed by atoms with van der Waals surface area (Å²) in [6.45, 7) is 0. The van der Waals surface area contributed by atoms with Gasteiger partial charge in [0.1, 0.15) is 11.5 Å². The summed E-state index contributed by atoms with van der Waals surface area (Å²) in [5.74, 6) is 1.69. The summed E-state index contributed by atoms with van der Waals surface area (Å²) in [5.41, 5.74) is 0. The number of rotatable bonds is 1. The zero-order valence-corrected chi connectivity index (χ0v) is 6.25. The molecule has 0 amide bonds. The van der Waals surface area contributed by atoms with Crippen molar-refractivity contribution in [1.29, 1.82) is 0 Å². The minimum absolute atomic E-state index is 0.359. The Morgan fingerprint density at radius 1 is 1.55 bits per heavy atom. The summed E-state index contributed by atoms with van der Waals surface area (Å²) in [7, 11) is 0. The first-order valence-electron chi connectivity index (χ1n) is 3.91. The molecule has 58 valence electrons. The van der Waals surface area contributed by atoms with Gasteiger partial charge in [-0.25, -0.2) is 0 Å². The highest BCUT2D eigenvalue weighted by Crippen LogP contribution is 2.31. The number of carbonyl (C=O) groups is 1. The van der Waals surface area contributed by atoms with Gasteiger partial charge in [0.05, 0.1) is 6.26 Å². The lowest BCUT2D eigenvalue weighted by molar-refractivity contribution is -0.117. The van der Waals surface area contributed by atoms with E-state index >= 15 is 0 Å². The van der Waals surface area contributed by atoms with E-state index in [4.69, 9.17) is 4.42 Å². The van der Waals surface area contributed by atoms with Crippen molar-refractivity contribution < 1.29 is 9.21 Å². The number of carbonyl (C=O) groups excluding carboxylic acids is 1. The summed E-state index contributed by atoms with van der Waals surface area (Å²) >= 11 is 0. The lowest BCUT2D eigenvalue weighted by Crippen LogP contribution is -1.91. The number of hydrogen-bond acceptors (Lipinski definition) is 2. The normalized spacial score (nSPS) is 24.4. The van der Waals surface area contributed by atoms with Gasteiger partial charge < -0.3 is 4.42 Å². The second-order valence-corrected chi connectivity index (χ2v) is 2.99. The number of Topliss-reactive ketones (excluding diaryl/α,β-unsaturated/α-hetero) is 1. The van der Waals surface area contributed by atoms with E-state index < -0.39 is 0 Å². The second kappa shape index (κ2) is 2.53. The fraction of sp³-hybridized carbons (Fsp3) is 0.444. The molecule has 1 aliphatic rings. The smallest absolute Gasteiger partial charge is 0.133 e. The van der Waals surface area contributed by atoms with Gasteiger partial charge in [-0.15, -0.1) is 0 Å². The lowest BCUT2D eigenvalue weighted by Gasteiger charge is -2.00. The molecule has 0 radical (unpaired) electrons. The molecule has 11 heavy (non-hydrogen) atoms. The summed E-state index contributed by atoms with van der Waals surface area (Å²) in [5, 5.41) is 0. The molecular weight excluding hydrogens is 140 g/mol. The molecule has 2 rings (SSSR count). The van der Waals surface area contributed by atoms with Crippen LogP contribution in [-0.4, -0.2) is 5.78 Å². The molecule has 0 bridgehead atoms. The van der Waals surface area contributed by atoms with Crippen molar-refractivity contribution in [3.8, 4) is 0 Å². The van der Waals surface area contributed by atoms with Gasteiger partial charge in [-0.2, -0.15) is 0 Å². The number of furan rings is 1.